The number of halogens is 1. The van der Waals surface area contributed by atoms with Gasteiger partial charge in [0.05, 0.1) is 0 Å². The lowest BCUT2D eigenvalue weighted by atomic mass is 10.0. The molecule has 2 heteroatoms. The molecule has 0 saturated heterocycles. The largest absolute Gasteiger partial charge is 0.298 e. The van der Waals surface area contributed by atoms with E-state index in [0.29, 0.717) is 0 Å². The van der Waals surface area contributed by atoms with Crippen molar-refractivity contribution >= 4 is 17.9 Å². The van der Waals surface area contributed by atoms with E-state index in [4.69, 9.17) is 11.6 Å². The summed E-state index contributed by atoms with van der Waals surface area (Å²) in [5, 5.41) is 0.745. The predicted octanol–water partition coefficient (Wildman–Crippen LogP) is 1.47. The van der Waals surface area contributed by atoms with Crippen LogP contribution in [0.25, 0.3) is 0 Å². The lowest BCUT2D eigenvalue weighted by molar-refractivity contribution is -0.105. The second-order valence-corrected chi connectivity index (χ2v) is 2.00. The van der Waals surface area contributed by atoms with Crippen LogP contribution in [0.4, 0.5) is 0 Å². The number of carbonyl (C=O) groups is 1. The molecule has 0 aliphatic heterocycles. The Kier molecular flexibility index (Phi) is 1.15. The zero-order valence-corrected chi connectivity index (χ0v) is 4.53. The first-order chi connectivity index (χ1) is 3.34. The fraction of sp³-hybridized carbons (Fsp3) is 0.400. The third-order valence-electron chi connectivity index (χ3n) is 1.10. The first-order valence-electron chi connectivity index (χ1n) is 2.17. The Morgan fingerprint density at radius 2 is 2.29 bits per heavy atom. The van der Waals surface area contributed by atoms with E-state index in [1.807, 2.05) is 0 Å². The first kappa shape index (κ1) is 4.85. The highest BCUT2D eigenvalue weighted by Gasteiger charge is 2.12. The molecule has 1 nitrogen and oxygen atoms in total. The van der Waals surface area contributed by atoms with Crippen molar-refractivity contribution in [2.45, 2.75) is 12.8 Å². The van der Waals surface area contributed by atoms with Crippen molar-refractivity contribution in [2.24, 2.45) is 0 Å². The van der Waals surface area contributed by atoms with Gasteiger partial charge in [-0.3, -0.25) is 4.79 Å². The molecule has 1 aliphatic rings. The van der Waals surface area contributed by atoms with E-state index < -0.39 is 0 Å². The van der Waals surface area contributed by atoms with E-state index in [-0.39, 0.29) is 0 Å². The number of rotatable bonds is 1. The maximum absolute atomic E-state index is 9.86. The SMILES string of the molecule is O=CC1=C(Cl)CC1. The number of hydrogen-bond acceptors (Lipinski definition) is 1. The maximum Gasteiger partial charge on any atom is 0.147 e. The Morgan fingerprint density at radius 3 is 2.29 bits per heavy atom. The monoisotopic (exact) mass is 116 g/mol. The third-order valence-corrected chi connectivity index (χ3v) is 1.54. The first-order valence-corrected chi connectivity index (χ1v) is 2.55. The van der Waals surface area contributed by atoms with Crippen LogP contribution in [0.1, 0.15) is 12.8 Å². The Bertz CT molecular complexity index is 126. The number of allylic oxidation sites excluding steroid dienone is 2. The molecule has 0 unspecified atom stereocenters. The van der Waals surface area contributed by atoms with Gasteiger partial charge in [0.25, 0.3) is 0 Å². The van der Waals surface area contributed by atoms with Crippen LogP contribution in [-0.2, 0) is 4.79 Å². The van der Waals surface area contributed by atoms with Crippen molar-refractivity contribution < 1.29 is 4.79 Å². The van der Waals surface area contributed by atoms with Gasteiger partial charge < -0.3 is 0 Å². The van der Waals surface area contributed by atoms with Crippen LogP contribution >= 0.6 is 11.6 Å². The zero-order chi connectivity index (χ0) is 5.28. The van der Waals surface area contributed by atoms with Crippen molar-refractivity contribution in [3.8, 4) is 0 Å². The molecule has 0 fully saturated rings. The van der Waals surface area contributed by atoms with E-state index in [9.17, 15) is 4.79 Å². The maximum atomic E-state index is 9.86. The molecule has 0 radical (unpaired) electrons. The summed E-state index contributed by atoms with van der Waals surface area (Å²) in [6, 6.07) is 0. The second kappa shape index (κ2) is 1.66. The minimum atomic E-state index is 0.745. The summed E-state index contributed by atoms with van der Waals surface area (Å²) in [5.74, 6) is 0. The number of carbonyl (C=O) groups excluding carboxylic acids is 1. The fourth-order valence-corrected chi connectivity index (χ4v) is 0.720. The van der Waals surface area contributed by atoms with E-state index >= 15 is 0 Å². The zero-order valence-electron chi connectivity index (χ0n) is 3.78. The molecular weight excluding hydrogens is 112 g/mol. The van der Waals surface area contributed by atoms with Crippen LogP contribution in [0.3, 0.4) is 0 Å². The van der Waals surface area contributed by atoms with Crippen LogP contribution in [-0.4, -0.2) is 6.29 Å². The quantitative estimate of drug-likeness (QED) is 0.474. The molecule has 0 atom stereocenters. The summed E-state index contributed by atoms with van der Waals surface area (Å²) in [7, 11) is 0. The Labute approximate surface area is 47.0 Å². The number of aldehydes is 1. The molecule has 7 heavy (non-hydrogen) atoms. The molecule has 1 aliphatic carbocycles. The molecule has 0 heterocycles. The molecule has 0 aromatic rings. The van der Waals surface area contributed by atoms with Crippen LogP contribution in [0.5, 0.6) is 0 Å². The van der Waals surface area contributed by atoms with Gasteiger partial charge in [0.1, 0.15) is 6.29 Å². The van der Waals surface area contributed by atoms with Gasteiger partial charge in [-0.15, -0.1) is 0 Å². The Balaban J connectivity index is 2.70. The smallest absolute Gasteiger partial charge is 0.147 e. The summed E-state index contributed by atoms with van der Waals surface area (Å²) in [6.07, 6.45) is 2.60. The molecule has 0 bridgehead atoms. The summed E-state index contributed by atoms with van der Waals surface area (Å²) >= 11 is 5.46. The van der Waals surface area contributed by atoms with Gasteiger partial charge in [-0.05, 0) is 12.8 Å². The van der Waals surface area contributed by atoms with E-state index in [2.05, 4.69) is 0 Å². The summed E-state index contributed by atoms with van der Waals surface area (Å²) in [6.45, 7) is 0. The average molecular weight is 117 g/mol. The molecule has 0 N–H and O–H groups in total. The topological polar surface area (TPSA) is 17.1 Å². The van der Waals surface area contributed by atoms with Crippen LogP contribution < -0.4 is 0 Å². The van der Waals surface area contributed by atoms with Crippen LogP contribution in [0, 0.1) is 0 Å². The minimum absolute atomic E-state index is 0.745. The molecule has 0 aromatic heterocycles. The molecule has 0 spiro atoms. The fourth-order valence-electron chi connectivity index (χ4n) is 0.487. The van der Waals surface area contributed by atoms with E-state index in [0.717, 1.165) is 29.7 Å². The highest BCUT2D eigenvalue weighted by atomic mass is 35.5. The molecule has 0 saturated carbocycles. The van der Waals surface area contributed by atoms with Gasteiger partial charge in [-0.1, -0.05) is 11.6 Å². The summed E-state index contributed by atoms with van der Waals surface area (Å²) < 4.78 is 0. The van der Waals surface area contributed by atoms with Crippen molar-refractivity contribution in [3.05, 3.63) is 10.6 Å². The van der Waals surface area contributed by atoms with Gasteiger partial charge in [-0.25, -0.2) is 0 Å². The van der Waals surface area contributed by atoms with Gasteiger partial charge >= 0.3 is 0 Å². The van der Waals surface area contributed by atoms with Crippen LogP contribution in [0.15, 0.2) is 10.6 Å². The van der Waals surface area contributed by atoms with E-state index in [1.54, 1.807) is 0 Å². The lowest BCUT2D eigenvalue weighted by Crippen LogP contribution is -1.98. The molecule has 1 rings (SSSR count). The second-order valence-electron chi connectivity index (χ2n) is 1.55. The van der Waals surface area contributed by atoms with Crippen molar-refractivity contribution in [2.75, 3.05) is 0 Å². The van der Waals surface area contributed by atoms with Crippen molar-refractivity contribution in [1.29, 1.82) is 0 Å². The van der Waals surface area contributed by atoms with Crippen molar-refractivity contribution in [1.82, 2.24) is 0 Å². The Hall–Kier alpha value is -0.300. The standard InChI is InChI=1S/C5H5ClO/c6-5-2-1-4(5)3-7/h3H,1-2H2. The molecule has 0 aromatic carbocycles. The van der Waals surface area contributed by atoms with Gasteiger partial charge in [0, 0.05) is 10.6 Å². The Morgan fingerprint density at radius 1 is 1.57 bits per heavy atom. The summed E-state index contributed by atoms with van der Waals surface area (Å²) in [4.78, 5) is 9.86. The highest BCUT2D eigenvalue weighted by Crippen LogP contribution is 2.28. The van der Waals surface area contributed by atoms with Gasteiger partial charge in [-0.2, -0.15) is 0 Å². The third kappa shape index (κ3) is 0.682. The predicted molar refractivity (Wildman–Crippen MR) is 28.2 cm³/mol. The lowest BCUT2D eigenvalue weighted by Gasteiger charge is -2.11. The normalized spacial score (nSPS) is 19.0. The highest BCUT2D eigenvalue weighted by molar-refractivity contribution is 6.32. The van der Waals surface area contributed by atoms with Crippen molar-refractivity contribution in [3.63, 3.8) is 0 Å². The number of hydrogen-bond donors (Lipinski definition) is 0. The van der Waals surface area contributed by atoms with Gasteiger partial charge in [0.2, 0.25) is 0 Å². The molecular formula is C5H5ClO. The van der Waals surface area contributed by atoms with Crippen LogP contribution in [0.2, 0.25) is 0 Å². The summed E-state index contributed by atoms with van der Waals surface area (Å²) in [5.41, 5.74) is 0.779. The minimum Gasteiger partial charge on any atom is -0.298 e. The van der Waals surface area contributed by atoms with E-state index in [1.165, 1.54) is 0 Å². The molecule has 38 valence electrons. The molecule has 0 amide bonds. The average Bonchev–Trinajstić information content (AvgIpc) is 1.65. The van der Waals surface area contributed by atoms with Gasteiger partial charge in [0.15, 0.2) is 0 Å².